The summed E-state index contributed by atoms with van der Waals surface area (Å²) in [5, 5.41) is 2.90. The lowest BCUT2D eigenvalue weighted by atomic mass is 9.97. The maximum absolute atomic E-state index is 12.5. The molecule has 1 fully saturated rings. The van der Waals surface area contributed by atoms with Crippen molar-refractivity contribution in [3.05, 3.63) is 17.0 Å². The van der Waals surface area contributed by atoms with Crippen LogP contribution >= 0.6 is 11.3 Å². The first kappa shape index (κ1) is 16.5. The summed E-state index contributed by atoms with van der Waals surface area (Å²) in [5.74, 6) is -0.0436. The van der Waals surface area contributed by atoms with Crippen molar-refractivity contribution in [1.82, 2.24) is 9.62 Å². The Morgan fingerprint density at radius 1 is 1.33 bits per heavy atom. The molecule has 0 aromatic carbocycles. The van der Waals surface area contributed by atoms with E-state index in [9.17, 15) is 13.2 Å². The van der Waals surface area contributed by atoms with Crippen LogP contribution in [-0.4, -0.2) is 37.8 Å². The molecule has 0 saturated carbocycles. The van der Waals surface area contributed by atoms with Crippen LogP contribution in [0.15, 0.2) is 16.3 Å². The van der Waals surface area contributed by atoms with Crippen molar-refractivity contribution in [2.24, 2.45) is 5.92 Å². The van der Waals surface area contributed by atoms with Gasteiger partial charge < -0.3 is 5.32 Å². The van der Waals surface area contributed by atoms with Gasteiger partial charge in [-0.2, -0.15) is 4.31 Å². The Kier molecular flexibility index (Phi) is 5.06. The van der Waals surface area contributed by atoms with Gasteiger partial charge in [0.1, 0.15) is 4.21 Å². The van der Waals surface area contributed by atoms with Crippen LogP contribution in [0.4, 0.5) is 0 Å². The SMILES string of the molecule is Cc1ccc(S(=O)(=O)N2CCC(C(=O)NC(C)C)CC2)s1. The van der Waals surface area contributed by atoms with Crippen molar-refractivity contribution in [3.8, 4) is 0 Å². The number of hydrogen-bond donors (Lipinski definition) is 1. The van der Waals surface area contributed by atoms with Crippen molar-refractivity contribution in [3.63, 3.8) is 0 Å². The molecule has 0 atom stereocenters. The summed E-state index contributed by atoms with van der Waals surface area (Å²) in [6, 6.07) is 3.60. The van der Waals surface area contributed by atoms with E-state index < -0.39 is 10.0 Å². The van der Waals surface area contributed by atoms with E-state index >= 15 is 0 Å². The van der Waals surface area contributed by atoms with Crippen molar-refractivity contribution in [2.75, 3.05) is 13.1 Å². The third kappa shape index (κ3) is 3.84. The molecule has 5 nitrogen and oxygen atoms in total. The number of aryl methyl sites for hydroxylation is 1. The van der Waals surface area contributed by atoms with Gasteiger partial charge in [0.2, 0.25) is 5.91 Å². The minimum atomic E-state index is -3.39. The third-order valence-corrected chi connectivity index (χ3v) is 6.93. The molecule has 2 rings (SSSR count). The molecule has 2 heterocycles. The number of sulfonamides is 1. The number of amides is 1. The van der Waals surface area contributed by atoms with E-state index in [0.29, 0.717) is 30.1 Å². The standard InChI is InChI=1S/C14H22N2O3S2/c1-10(2)15-14(17)12-6-8-16(9-7-12)21(18,19)13-5-4-11(3)20-13/h4-5,10,12H,6-9H2,1-3H3,(H,15,17). The van der Waals surface area contributed by atoms with Gasteiger partial charge in [-0.3, -0.25) is 4.79 Å². The molecule has 1 aliphatic rings. The lowest BCUT2D eigenvalue weighted by molar-refractivity contribution is -0.126. The molecule has 0 aliphatic carbocycles. The molecule has 1 amide bonds. The van der Waals surface area contributed by atoms with Crippen molar-refractivity contribution < 1.29 is 13.2 Å². The number of nitrogens with one attached hydrogen (secondary N) is 1. The first-order chi connectivity index (χ1) is 9.80. The van der Waals surface area contributed by atoms with E-state index in [1.165, 1.54) is 15.6 Å². The molecule has 118 valence electrons. The Hall–Kier alpha value is -0.920. The molecular formula is C14H22N2O3S2. The molecule has 7 heteroatoms. The molecule has 0 radical (unpaired) electrons. The van der Waals surface area contributed by atoms with E-state index in [1.54, 1.807) is 6.07 Å². The predicted molar refractivity (Wildman–Crippen MR) is 83.8 cm³/mol. The van der Waals surface area contributed by atoms with Gasteiger partial charge in [-0.05, 0) is 45.7 Å². The highest BCUT2D eigenvalue weighted by molar-refractivity contribution is 7.91. The van der Waals surface area contributed by atoms with Gasteiger partial charge in [-0.1, -0.05) is 0 Å². The van der Waals surface area contributed by atoms with Gasteiger partial charge in [0.15, 0.2) is 0 Å². The fourth-order valence-electron chi connectivity index (χ4n) is 2.44. The van der Waals surface area contributed by atoms with E-state index in [4.69, 9.17) is 0 Å². The molecule has 1 N–H and O–H groups in total. The Labute approximate surface area is 130 Å². The largest absolute Gasteiger partial charge is 0.354 e. The molecule has 0 unspecified atom stereocenters. The second-order valence-corrected chi connectivity index (χ2v) is 9.16. The average Bonchev–Trinajstić information content (AvgIpc) is 2.85. The second-order valence-electron chi connectivity index (χ2n) is 5.71. The zero-order valence-electron chi connectivity index (χ0n) is 12.6. The van der Waals surface area contributed by atoms with E-state index in [2.05, 4.69) is 5.32 Å². The maximum Gasteiger partial charge on any atom is 0.252 e. The number of rotatable bonds is 4. The number of carbonyl (C=O) groups is 1. The Bertz CT molecular complexity index is 599. The highest BCUT2D eigenvalue weighted by Gasteiger charge is 2.32. The minimum absolute atomic E-state index is 0.0361. The number of nitrogens with zero attached hydrogens (tertiary/aromatic N) is 1. The van der Waals surface area contributed by atoms with Gasteiger partial charge in [-0.25, -0.2) is 8.42 Å². The summed E-state index contributed by atoms with van der Waals surface area (Å²) >= 11 is 1.29. The van der Waals surface area contributed by atoms with Gasteiger partial charge in [0.05, 0.1) is 0 Å². The zero-order valence-corrected chi connectivity index (χ0v) is 14.3. The van der Waals surface area contributed by atoms with Crippen molar-refractivity contribution >= 4 is 27.3 Å². The van der Waals surface area contributed by atoms with Crippen molar-refractivity contribution in [2.45, 2.75) is 43.9 Å². The van der Waals surface area contributed by atoms with Crippen LogP contribution in [0.1, 0.15) is 31.6 Å². The van der Waals surface area contributed by atoms with Crippen LogP contribution in [0.5, 0.6) is 0 Å². The highest BCUT2D eigenvalue weighted by atomic mass is 32.2. The summed E-state index contributed by atoms with van der Waals surface area (Å²) in [7, 11) is -3.39. The van der Waals surface area contributed by atoms with Crippen LogP contribution in [-0.2, 0) is 14.8 Å². The maximum atomic E-state index is 12.5. The smallest absolute Gasteiger partial charge is 0.252 e. The number of hydrogen-bond acceptors (Lipinski definition) is 4. The summed E-state index contributed by atoms with van der Waals surface area (Å²) < 4.78 is 26.9. The molecular weight excluding hydrogens is 308 g/mol. The van der Waals surface area contributed by atoms with Crippen molar-refractivity contribution in [1.29, 1.82) is 0 Å². The van der Waals surface area contributed by atoms with Gasteiger partial charge in [0.25, 0.3) is 10.0 Å². The summed E-state index contributed by atoms with van der Waals surface area (Å²) in [6.45, 7) is 6.57. The molecule has 0 spiro atoms. The molecule has 1 saturated heterocycles. The van der Waals surface area contributed by atoms with Crippen LogP contribution in [0, 0.1) is 12.8 Å². The normalized spacial score (nSPS) is 18.1. The first-order valence-corrected chi connectivity index (χ1v) is 9.43. The molecule has 1 aromatic rings. The number of carbonyl (C=O) groups excluding carboxylic acids is 1. The zero-order chi connectivity index (χ0) is 15.6. The summed E-state index contributed by atoms with van der Waals surface area (Å²) in [5.41, 5.74) is 0. The highest BCUT2D eigenvalue weighted by Crippen LogP contribution is 2.28. The molecule has 1 aromatic heterocycles. The van der Waals surface area contributed by atoms with Gasteiger partial charge in [-0.15, -0.1) is 11.3 Å². The molecule has 1 aliphatic heterocycles. The molecule has 0 bridgehead atoms. The van der Waals surface area contributed by atoms with Crippen LogP contribution in [0.2, 0.25) is 0 Å². The number of piperidine rings is 1. The third-order valence-electron chi connectivity index (χ3n) is 3.57. The van der Waals surface area contributed by atoms with Crippen LogP contribution < -0.4 is 5.32 Å². The first-order valence-electron chi connectivity index (χ1n) is 7.17. The average molecular weight is 330 g/mol. The fourth-order valence-corrected chi connectivity index (χ4v) is 5.35. The van der Waals surface area contributed by atoms with E-state index in [-0.39, 0.29) is 17.9 Å². The van der Waals surface area contributed by atoms with E-state index in [1.807, 2.05) is 26.8 Å². The summed E-state index contributed by atoms with van der Waals surface area (Å²) in [4.78, 5) is 12.9. The number of thiophene rings is 1. The topological polar surface area (TPSA) is 66.5 Å². The lowest BCUT2D eigenvalue weighted by Gasteiger charge is -2.30. The lowest BCUT2D eigenvalue weighted by Crippen LogP contribution is -2.44. The van der Waals surface area contributed by atoms with Gasteiger partial charge in [0, 0.05) is 29.9 Å². The fraction of sp³-hybridized carbons (Fsp3) is 0.643. The quantitative estimate of drug-likeness (QED) is 0.918. The van der Waals surface area contributed by atoms with Crippen LogP contribution in [0.25, 0.3) is 0 Å². The van der Waals surface area contributed by atoms with Crippen LogP contribution in [0.3, 0.4) is 0 Å². The predicted octanol–water partition coefficient (Wildman–Crippen LogP) is 1.98. The molecule has 21 heavy (non-hydrogen) atoms. The minimum Gasteiger partial charge on any atom is -0.354 e. The monoisotopic (exact) mass is 330 g/mol. The Morgan fingerprint density at radius 2 is 1.95 bits per heavy atom. The Balaban J connectivity index is 1.99. The summed E-state index contributed by atoms with van der Waals surface area (Å²) in [6.07, 6.45) is 1.17. The Morgan fingerprint density at radius 3 is 2.43 bits per heavy atom. The van der Waals surface area contributed by atoms with E-state index in [0.717, 1.165) is 4.88 Å². The van der Waals surface area contributed by atoms with Gasteiger partial charge >= 0.3 is 0 Å². The second kappa shape index (κ2) is 6.46.